The van der Waals surface area contributed by atoms with E-state index in [1.165, 1.54) is 11.3 Å². The van der Waals surface area contributed by atoms with E-state index in [0.717, 1.165) is 10.4 Å². The molecule has 0 spiro atoms. The zero-order valence-corrected chi connectivity index (χ0v) is 15.7. The number of carboxylic acid groups (broad SMARTS) is 1. The van der Waals surface area contributed by atoms with Gasteiger partial charge < -0.3 is 20.1 Å². The highest BCUT2D eigenvalue weighted by atomic mass is 32.1. The maximum absolute atomic E-state index is 12.7. The van der Waals surface area contributed by atoms with Crippen LogP contribution in [0.5, 0.6) is 0 Å². The second-order valence-corrected chi connectivity index (χ2v) is 8.12. The molecule has 0 saturated heterocycles. The smallest absolute Gasteiger partial charge is 0.408 e. The fourth-order valence-corrected chi connectivity index (χ4v) is 3.64. The van der Waals surface area contributed by atoms with Gasteiger partial charge in [0.15, 0.2) is 0 Å². The molecule has 2 rings (SSSR count). The number of carbonyl (C=O) groups is 3. The number of amides is 2. The number of hydrogen-bond donors (Lipinski definition) is 2. The summed E-state index contributed by atoms with van der Waals surface area (Å²) in [7, 11) is 0. The number of rotatable bonds is 4. The van der Waals surface area contributed by atoms with Gasteiger partial charge in [-0.05, 0) is 45.2 Å². The molecule has 8 heteroatoms. The van der Waals surface area contributed by atoms with E-state index in [1.54, 1.807) is 31.7 Å². The largest absolute Gasteiger partial charge is 0.477 e. The lowest BCUT2D eigenvalue weighted by Gasteiger charge is -2.31. The molecule has 138 valence electrons. The molecule has 1 atom stereocenters. The van der Waals surface area contributed by atoms with Crippen molar-refractivity contribution < 1.29 is 24.2 Å². The summed E-state index contributed by atoms with van der Waals surface area (Å²) in [6, 6.07) is 0.971. The quantitative estimate of drug-likeness (QED) is 0.852. The molecule has 2 N–H and O–H groups in total. The highest BCUT2D eigenvalue weighted by molar-refractivity contribution is 7.14. The van der Waals surface area contributed by atoms with E-state index in [0.29, 0.717) is 30.8 Å². The second-order valence-electron chi connectivity index (χ2n) is 6.98. The molecule has 0 saturated carbocycles. The Morgan fingerprint density at radius 1 is 1.40 bits per heavy atom. The van der Waals surface area contributed by atoms with E-state index in [9.17, 15) is 14.4 Å². The van der Waals surface area contributed by atoms with Gasteiger partial charge in [0.1, 0.15) is 16.5 Å². The number of nitrogens with one attached hydrogen (secondary N) is 1. The summed E-state index contributed by atoms with van der Waals surface area (Å²) < 4.78 is 5.21. The van der Waals surface area contributed by atoms with Gasteiger partial charge in [-0.1, -0.05) is 6.92 Å². The van der Waals surface area contributed by atoms with Crippen LogP contribution in [0.25, 0.3) is 0 Å². The summed E-state index contributed by atoms with van der Waals surface area (Å²) in [4.78, 5) is 38.7. The summed E-state index contributed by atoms with van der Waals surface area (Å²) in [5.74, 6) is -1.13. The Morgan fingerprint density at radius 2 is 2.08 bits per heavy atom. The predicted octanol–water partition coefficient (Wildman–Crippen LogP) is 2.63. The van der Waals surface area contributed by atoms with Crippen LogP contribution in [-0.4, -0.2) is 46.2 Å². The van der Waals surface area contributed by atoms with Crippen LogP contribution in [-0.2, 0) is 22.5 Å². The van der Waals surface area contributed by atoms with Crippen molar-refractivity contribution in [1.29, 1.82) is 0 Å². The Morgan fingerprint density at radius 3 is 2.64 bits per heavy atom. The highest BCUT2D eigenvalue weighted by Crippen LogP contribution is 2.28. The first-order valence-corrected chi connectivity index (χ1v) is 9.05. The van der Waals surface area contributed by atoms with Crippen molar-refractivity contribution in [2.75, 3.05) is 6.54 Å². The minimum atomic E-state index is -0.949. The van der Waals surface area contributed by atoms with Crippen LogP contribution < -0.4 is 5.32 Å². The van der Waals surface area contributed by atoms with Gasteiger partial charge >= 0.3 is 12.1 Å². The lowest BCUT2D eigenvalue weighted by atomic mass is 10.1. The molecule has 0 bridgehead atoms. The molecule has 0 unspecified atom stereocenters. The molecule has 2 amide bonds. The molecule has 2 heterocycles. The van der Waals surface area contributed by atoms with Crippen molar-refractivity contribution in [1.82, 2.24) is 10.2 Å². The molecule has 0 fully saturated rings. The minimum Gasteiger partial charge on any atom is -0.477 e. The third-order valence-electron chi connectivity index (χ3n) is 3.79. The fraction of sp³-hybridized carbons (Fsp3) is 0.588. The Balaban J connectivity index is 2.03. The maximum Gasteiger partial charge on any atom is 0.408 e. The number of fused-ring (bicyclic) bond motifs is 1. The molecule has 1 aromatic heterocycles. The summed E-state index contributed by atoms with van der Waals surface area (Å²) >= 11 is 1.26. The van der Waals surface area contributed by atoms with Crippen molar-refractivity contribution >= 4 is 29.3 Å². The van der Waals surface area contributed by atoms with Gasteiger partial charge in [0, 0.05) is 18.0 Å². The zero-order chi connectivity index (χ0) is 18.8. The van der Waals surface area contributed by atoms with Crippen LogP contribution in [0.15, 0.2) is 6.07 Å². The SMILES string of the molecule is CC[C@@H](NC(=O)OC(C)(C)C)C(=O)N1CCc2sc(C(=O)O)cc2C1. The summed E-state index contributed by atoms with van der Waals surface area (Å²) in [6.07, 6.45) is 0.460. The zero-order valence-electron chi connectivity index (χ0n) is 14.9. The topological polar surface area (TPSA) is 95.9 Å². The minimum absolute atomic E-state index is 0.179. The van der Waals surface area contributed by atoms with Crippen LogP contribution in [0.1, 0.15) is 54.2 Å². The molecule has 0 aliphatic carbocycles. The van der Waals surface area contributed by atoms with Gasteiger partial charge in [0.25, 0.3) is 0 Å². The van der Waals surface area contributed by atoms with Gasteiger partial charge in [-0.3, -0.25) is 4.79 Å². The number of nitrogens with zero attached hydrogens (tertiary/aromatic N) is 1. The third-order valence-corrected chi connectivity index (χ3v) is 5.01. The number of ether oxygens (including phenoxy) is 1. The Hall–Kier alpha value is -2.09. The Bertz CT molecular complexity index is 677. The van der Waals surface area contributed by atoms with Gasteiger partial charge in [-0.25, -0.2) is 9.59 Å². The van der Waals surface area contributed by atoms with E-state index in [4.69, 9.17) is 9.84 Å². The molecule has 1 aromatic rings. The standard InChI is InChI=1S/C17H24N2O5S/c1-5-11(18-16(23)24-17(2,3)4)14(20)19-7-6-12-10(9-19)8-13(25-12)15(21)22/h8,11H,5-7,9H2,1-4H3,(H,18,23)(H,21,22)/t11-/m1/s1. The van der Waals surface area contributed by atoms with Gasteiger partial charge in [-0.15, -0.1) is 11.3 Å². The first-order valence-electron chi connectivity index (χ1n) is 8.24. The van der Waals surface area contributed by atoms with Crippen molar-refractivity contribution in [3.05, 3.63) is 21.4 Å². The number of carbonyl (C=O) groups excluding carboxylic acids is 2. The maximum atomic E-state index is 12.7. The van der Waals surface area contributed by atoms with Crippen molar-refractivity contribution in [2.45, 2.75) is 58.7 Å². The molecule has 1 aliphatic rings. The van der Waals surface area contributed by atoms with Crippen LogP contribution in [0, 0.1) is 0 Å². The molecule has 0 radical (unpaired) electrons. The third kappa shape index (κ3) is 4.94. The van der Waals surface area contributed by atoms with Crippen molar-refractivity contribution in [3.63, 3.8) is 0 Å². The number of aromatic carboxylic acids is 1. The monoisotopic (exact) mass is 368 g/mol. The average Bonchev–Trinajstić information content (AvgIpc) is 2.93. The lowest BCUT2D eigenvalue weighted by molar-refractivity contribution is -0.134. The van der Waals surface area contributed by atoms with E-state index in [2.05, 4.69) is 5.32 Å². The number of alkyl carbamates (subject to hydrolysis) is 1. The number of thiophene rings is 1. The van der Waals surface area contributed by atoms with Gasteiger partial charge in [0.2, 0.25) is 5.91 Å². The van der Waals surface area contributed by atoms with E-state index in [-0.39, 0.29) is 5.91 Å². The Labute approximate surface area is 151 Å². The summed E-state index contributed by atoms with van der Waals surface area (Å²) in [6.45, 7) is 7.99. The summed E-state index contributed by atoms with van der Waals surface area (Å²) in [5.41, 5.74) is 0.240. The predicted molar refractivity (Wildman–Crippen MR) is 93.8 cm³/mol. The van der Waals surface area contributed by atoms with Gasteiger partial charge in [0.05, 0.1) is 0 Å². The molecule has 1 aliphatic heterocycles. The lowest BCUT2D eigenvalue weighted by Crippen LogP contribution is -2.50. The molecule has 25 heavy (non-hydrogen) atoms. The van der Waals surface area contributed by atoms with E-state index in [1.807, 2.05) is 6.92 Å². The summed E-state index contributed by atoms with van der Waals surface area (Å²) in [5, 5.41) is 11.7. The van der Waals surface area contributed by atoms with Crippen LogP contribution >= 0.6 is 11.3 Å². The van der Waals surface area contributed by atoms with E-state index >= 15 is 0 Å². The normalized spacial score (nSPS) is 15.3. The molecular weight excluding hydrogens is 344 g/mol. The van der Waals surface area contributed by atoms with Crippen molar-refractivity contribution in [2.24, 2.45) is 0 Å². The fourth-order valence-electron chi connectivity index (χ4n) is 2.64. The molecular formula is C17H24N2O5S. The molecule has 7 nitrogen and oxygen atoms in total. The highest BCUT2D eigenvalue weighted by Gasteiger charge is 2.30. The van der Waals surface area contributed by atoms with Crippen molar-refractivity contribution in [3.8, 4) is 0 Å². The van der Waals surface area contributed by atoms with Crippen LogP contribution in [0.3, 0.4) is 0 Å². The van der Waals surface area contributed by atoms with Crippen LogP contribution in [0.4, 0.5) is 4.79 Å². The van der Waals surface area contributed by atoms with E-state index < -0.39 is 23.7 Å². The number of hydrogen-bond acceptors (Lipinski definition) is 5. The van der Waals surface area contributed by atoms with Gasteiger partial charge in [-0.2, -0.15) is 0 Å². The number of carboxylic acids is 1. The van der Waals surface area contributed by atoms with Crippen LogP contribution in [0.2, 0.25) is 0 Å². The first kappa shape index (κ1) is 19.2. The first-order chi connectivity index (χ1) is 11.6. The Kier molecular flexibility index (Phi) is 5.72. The second kappa shape index (κ2) is 7.43. The average molecular weight is 368 g/mol. The molecule has 0 aromatic carbocycles.